The lowest BCUT2D eigenvalue weighted by molar-refractivity contribution is 0.305. The van der Waals surface area contributed by atoms with Crippen molar-refractivity contribution in [2.75, 3.05) is 18.1 Å². The molecule has 1 aromatic rings. The monoisotopic (exact) mass is 280 g/mol. The van der Waals surface area contributed by atoms with Crippen molar-refractivity contribution in [1.82, 2.24) is 10.6 Å². The van der Waals surface area contributed by atoms with Crippen LogP contribution >= 0.6 is 0 Å². The fourth-order valence-electron chi connectivity index (χ4n) is 3.00. The number of hydrogen-bond acceptors (Lipinski definition) is 4. The molecule has 2 fully saturated rings. The van der Waals surface area contributed by atoms with E-state index in [1.807, 2.05) is 6.07 Å². The van der Waals surface area contributed by atoms with Crippen molar-refractivity contribution in [3.63, 3.8) is 0 Å². The maximum atomic E-state index is 11.2. The van der Waals surface area contributed by atoms with Gasteiger partial charge in [-0.3, -0.25) is 0 Å². The second-order valence-corrected chi connectivity index (χ2v) is 7.73. The van der Waals surface area contributed by atoms with Gasteiger partial charge in [-0.1, -0.05) is 30.3 Å². The van der Waals surface area contributed by atoms with Gasteiger partial charge >= 0.3 is 0 Å². The zero-order valence-corrected chi connectivity index (χ0v) is 11.7. The van der Waals surface area contributed by atoms with Gasteiger partial charge in [0.2, 0.25) is 0 Å². The molecule has 2 heterocycles. The lowest BCUT2D eigenvalue weighted by Crippen LogP contribution is -2.56. The molecule has 0 saturated carbocycles. The minimum atomic E-state index is -2.73. The van der Waals surface area contributed by atoms with E-state index in [0.29, 0.717) is 23.6 Å². The number of benzene rings is 1. The molecule has 0 bridgehead atoms. The lowest BCUT2D eigenvalue weighted by atomic mass is 9.93. The normalized spacial score (nSPS) is 30.7. The zero-order valence-electron chi connectivity index (χ0n) is 10.9. The molecule has 3 rings (SSSR count). The molecule has 0 spiro atoms. The maximum Gasteiger partial charge on any atom is 0.153 e. The lowest BCUT2D eigenvalue weighted by Gasteiger charge is -2.36. The molecule has 2 saturated heterocycles. The summed E-state index contributed by atoms with van der Waals surface area (Å²) in [7, 11) is -2.73. The molecule has 0 radical (unpaired) electrons. The highest BCUT2D eigenvalue weighted by molar-refractivity contribution is 7.92. The van der Waals surface area contributed by atoms with Crippen LogP contribution in [0.5, 0.6) is 0 Å². The Morgan fingerprint density at radius 3 is 2.53 bits per heavy atom. The number of nitrogens with one attached hydrogen (secondary N) is 2. The summed E-state index contributed by atoms with van der Waals surface area (Å²) in [6.45, 7) is 0.983. The van der Waals surface area contributed by atoms with Gasteiger partial charge in [-0.2, -0.15) is 0 Å². The molecule has 0 unspecified atom stereocenters. The molecular weight excluding hydrogens is 260 g/mol. The van der Waals surface area contributed by atoms with Crippen LogP contribution in [0.1, 0.15) is 24.4 Å². The highest BCUT2D eigenvalue weighted by atomic mass is 32.2. The first-order valence-electron chi connectivity index (χ1n) is 6.87. The molecule has 1 aromatic carbocycles. The Labute approximate surface area is 114 Å². The zero-order chi connectivity index (χ0) is 13.3. The largest absolute Gasteiger partial charge is 0.310 e. The summed E-state index contributed by atoms with van der Waals surface area (Å²) < 4.78 is 22.3. The number of sulfone groups is 1. The van der Waals surface area contributed by atoms with Gasteiger partial charge < -0.3 is 10.6 Å². The van der Waals surface area contributed by atoms with E-state index in [4.69, 9.17) is 0 Å². The van der Waals surface area contributed by atoms with Gasteiger partial charge in [-0.15, -0.1) is 0 Å². The van der Waals surface area contributed by atoms with E-state index < -0.39 is 9.84 Å². The summed E-state index contributed by atoms with van der Waals surface area (Å²) in [6.07, 6.45) is 2.10. The Morgan fingerprint density at radius 1 is 1.11 bits per heavy atom. The van der Waals surface area contributed by atoms with Crippen LogP contribution in [0, 0.1) is 0 Å². The maximum absolute atomic E-state index is 11.2. The van der Waals surface area contributed by atoms with Gasteiger partial charge in [0.1, 0.15) is 0 Å². The van der Waals surface area contributed by atoms with E-state index >= 15 is 0 Å². The molecule has 5 heteroatoms. The van der Waals surface area contributed by atoms with Gasteiger partial charge in [-0.05, 0) is 24.9 Å². The number of piperidine rings is 1. The Kier molecular flexibility index (Phi) is 3.60. The van der Waals surface area contributed by atoms with Crippen molar-refractivity contribution < 1.29 is 8.42 Å². The van der Waals surface area contributed by atoms with Crippen molar-refractivity contribution in [2.24, 2.45) is 0 Å². The van der Waals surface area contributed by atoms with Gasteiger partial charge in [0.25, 0.3) is 0 Å². The van der Waals surface area contributed by atoms with Crippen molar-refractivity contribution in [1.29, 1.82) is 0 Å². The van der Waals surface area contributed by atoms with Crippen LogP contribution < -0.4 is 10.6 Å². The van der Waals surface area contributed by atoms with Crippen LogP contribution in [0.2, 0.25) is 0 Å². The van der Waals surface area contributed by atoms with Crippen LogP contribution in [0.3, 0.4) is 0 Å². The molecule has 2 N–H and O–H groups in total. The van der Waals surface area contributed by atoms with Crippen molar-refractivity contribution >= 4 is 9.84 Å². The first-order valence-corrected chi connectivity index (χ1v) is 8.69. The molecule has 4 nitrogen and oxygen atoms in total. The van der Waals surface area contributed by atoms with Gasteiger partial charge in [0, 0.05) is 18.1 Å². The van der Waals surface area contributed by atoms with Gasteiger partial charge in [0.15, 0.2) is 9.84 Å². The number of rotatable bonds is 3. The smallest absolute Gasteiger partial charge is 0.153 e. The average molecular weight is 280 g/mol. The second-order valence-electron chi connectivity index (χ2n) is 5.58. The average Bonchev–Trinajstić information content (AvgIpc) is 2.38. The molecular formula is C14H20N2O2S. The summed E-state index contributed by atoms with van der Waals surface area (Å²) in [5.74, 6) is 0.625. The molecule has 104 valence electrons. The number of hydrogen-bond donors (Lipinski definition) is 2. The first-order chi connectivity index (χ1) is 9.12. The topological polar surface area (TPSA) is 58.2 Å². The Bertz CT molecular complexity index is 518. The summed E-state index contributed by atoms with van der Waals surface area (Å²) >= 11 is 0. The summed E-state index contributed by atoms with van der Waals surface area (Å²) in [4.78, 5) is 0. The van der Waals surface area contributed by atoms with Crippen LogP contribution in [-0.4, -0.2) is 38.6 Å². The van der Waals surface area contributed by atoms with E-state index in [1.54, 1.807) is 0 Å². The van der Waals surface area contributed by atoms with E-state index in [1.165, 1.54) is 5.56 Å². The Hall–Kier alpha value is -0.910. The molecule has 0 aromatic heterocycles. The SMILES string of the molecule is O=S1(=O)CC(N[C@@H]2CCN[C@H](c3ccccc3)C2)C1. The van der Waals surface area contributed by atoms with Crippen LogP contribution in [-0.2, 0) is 9.84 Å². The fourth-order valence-corrected chi connectivity index (χ4v) is 4.32. The molecule has 2 aliphatic rings. The van der Waals surface area contributed by atoms with Crippen molar-refractivity contribution in [3.05, 3.63) is 35.9 Å². The van der Waals surface area contributed by atoms with Gasteiger partial charge in [-0.25, -0.2) is 8.42 Å². The standard InChI is InChI=1S/C14H20N2O2S/c17-19(18)9-13(10-19)16-12-6-7-15-14(8-12)11-4-2-1-3-5-11/h1-5,12-16H,6-10H2/t12-,14+/m1/s1. The van der Waals surface area contributed by atoms with Crippen molar-refractivity contribution in [2.45, 2.75) is 31.0 Å². The third-order valence-corrected chi connectivity index (χ3v) is 5.81. The van der Waals surface area contributed by atoms with Crippen LogP contribution in [0.15, 0.2) is 30.3 Å². The highest BCUT2D eigenvalue weighted by Crippen LogP contribution is 2.24. The van der Waals surface area contributed by atoms with E-state index in [0.717, 1.165) is 19.4 Å². The van der Waals surface area contributed by atoms with E-state index in [9.17, 15) is 8.42 Å². The highest BCUT2D eigenvalue weighted by Gasteiger charge is 2.35. The summed E-state index contributed by atoms with van der Waals surface area (Å²) in [5, 5.41) is 7.02. The van der Waals surface area contributed by atoms with E-state index in [2.05, 4.69) is 34.9 Å². The molecule has 2 aliphatic heterocycles. The third-order valence-electron chi connectivity index (χ3n) is 3.99. The Morgan fingerprint density at radius 2 is 1.84 bits per heavy atom. The second kappa shape index (κ2) is 5.23. The van der Waals surface area contributed by atoms with Crippen LogP contribution in [0.4, 0.5) is 0 Å². The summed E-state index contributed by atoms with van der Waals surface area (Å²) in [6, 6.07) is 11.4. The third kappa shape index (κ3) is 3.16. The first kappa shape index (κ1) is 13.1. The van der Waals surface area contributed by atoms with Crippen molar-refractivity contribution in [3.8, 4) is 0 Å². The Balaban J connectivity index is 1.57. The van der Waals surface area contributed by atoms with E-state index in [-0.39, 0.29) is 6.04 Å². The molecule has 19 heavy (non-hydrogen) atoms. The minimum Gasteiger partial charge on any atom is -0.310 e. The molecule has 2 atom stereocenters. The predicted octanol–water partition coefficient (Wildman–Crippen LogP) is 0.866. The summed E-state index contributed by atoms with van der Waals surface area (Å²) in [5.41, 5.74) is 1.32. The van der Waals surface area contributed by atoms with Gasteiger partial charge in [0.05, 0.1) is 11.5 Å². The predicted molar refractivity (Wildman–Crippen MR) is 75.8 cm³/mol. The minimum absolute atomic E-state index is 0.171. The van der Waals surface area contributed by atoms with Crippen LogP contribution in [0.25, 0.3) is 0 Å². The molecule has 0 aliphatic carbocycles. The fraction of sp³-hybridized carbons (Fsp3) is 0.571. The quantitative estimate of drug-likeness (QED) is 0.862. The molecule has 0 amide bonds.